The smallest absolute Gasteiger partial charge is 0.256 e. The molecule has 0 aromatic heterocycles. The molecule has 28 heavy (non-hydrogen) atoms. The van der Waals surface area contributed by atoms with Crippen LogP contribution in [0.15, 0.2) is 24.3 Å². The number of carbonyl (C=O) groups excluding carboxylic acids is 1. The van der Waals surface area contributed by atoms with Gasteiger partial charge in [0.15, 0.2) is 0 Å². The number of morpholine rings is 1. The maximum Gasteiger partial charge on any atom is 0.256 e. The van der Waals surface area contributed by atoms with Crippen LogP contribution in [0.2, 0.25) is 0 Å². The number of ether oxygens (including phenoxy) is 3. The Morgan fingerprint density at radius 2 is 1.93 bits per heavy atom. The van der Waals surface area contributed by atoms with Crippen LogP contribution < -0.4 is 10.1 Å². The van der Waals surface area contributed by atoms with Gasteiger partial charge >= 0.3 is 0 Å². The van der Waals surface area contributed by atoms with Gasteiger partial charge in [-0.05, 0) is 62.8 Å². The van der Waals surface area contributed by atoms with Crippen LogP contribution in [0.5, 0.6) is 5.75 Å². The van der Waals surface area contributed by atoms with E-state index in [1.807, 2.05) is 31.2 Å². The van der Waals surface area contributed by atoms with E-state index in [1.54, 1.807) is 0 Å². The summed E-state index contributed by atoms with van der Waals surface area (Å²) >= 11 is 0. The van der Waals surface area contributed by atoms with E-state index in [9.17, 15) is 4.79 Å². The van der Waals surface area contributed by atoms with Crippen molar-refractivity contribution in [2.75, 3.05) is 51.4 Å². The van der Waals surface area contributed by atoms with Crippen LogP contribution in [0.25, 0.3) is 0 Å². The van der Waals surface area contributed by atoms with Crippen molar-refractivity contribution >= 4 is 11.6 Å². The first kappa shape index (κ1) is 21.1. The van der Waals surface area contributed by atoms with E-state index in [0.717, 1.165) is 70.0 Å². The molecule has 2 aliphatic rings. The molecule has 1 amide bonds. The van der Waals surface area contributed by atoms with E-state index in [2.05, 4.69) is 17.1 Å². The van der Waals surface area contributed by atoms with Gasteiger partial charge in [-0.25, -0.2) is 0 Å². The number of hydrogen-bond donors (Lipinski definition) is 1. The second-order valence-corrected chi connectivity index (χ2v) is 7.86. The van der Waals surface area contributed by atoms with Gasteiger partial charge in [0, 0.05) is 31.9 Å². The van der Waals surface area contributed by atoms with Gasteiger partial charge in [0.25, 0.3) is 5.91 Å². The van der Waals surface area contributed by atoms with Crippen molar-refractivity contribution in [3.8, 4) is 5.75 Å². The average molecular weight is 391 g/mol. The molecule has 1 aromatic rings. The minimum Gasteiger partial charge on any atom is -0.494 e. The quantitative estimate of drug-likeness (QED) is 0.588. The zero-order valence-electron chi connectivity index (χ0n) is 17.2. The Morgan fingerprint density at radius 3 is 2.57 bits per heavy atom. The number of amides is 1. The van der Waals surface area contributed by atoms with Crippen molar-refractivity contribution in [2.24, 2.45) is 5.92 Å². The lowest BCUT2D eigenvalue weighted by Crippen LogP contribution is -2.45. The molecule has 3 rings (SSSR count). The van der Waals surface area contributed by atoms with E-state index in [0.29, 0.717) is 19.1 Å². The summed E-state index contributed by atoms with van der Waals surface area (Å²) in [6.45, 7) is 9.99. The molecule has 1 saturated heterocycles. The molecule has 1 aliphatic carbocycles. The highest BCUT2D eigenvalue weighted by molar-refractivity contribution is 5.97. The normalized spacial score (nSPS) is 19.8. The number of benzene rings is 1. The maximum absolute atomic E-state index is 12.8. The van der Waals surface area contributed by atoms with Crippen molar-refractivity contribution in [1.29, 1.82) is 0 Å². The Balaban J connectivity index is 1.42. The summed E-state index contributed by atoms with van der Waals surface area (Å²) in [6, 6.07) is 7.60. The molecule has 6 nitrogen and oxygen atoms in total. The fourth-order valence-corrected chi connectivity index (χ4v) is 3.51. The third-order valence-corrected chi connectivity index (χ3v) is 5.52. The fourth-order valence-electron chi connectivity index (χ4n) is 3.51. The molecule has 1 atom stereocenters. The summed E-state index contributed by atoms with van der Waals surface area (Å²) in [6.07, 6.45) is 4.02. The van der Waals surface area contributed by atoms with Gasteiger partial charge in [0.2, 0.25) is 0 Å². The van der Waals surface area contributed by atoms with Gasteiger partial charge in [0.1, 0.15) is 11.4 Å². The molecule has 0 radical (unpaired) electrons. The number of carbonyl (C=O) groups is 1. The first-order valence-corrected chi connectivity index (χ1v) is 10.6. The Kier molecular flexibility index (Phi) is 7.71. The third kappa shape index (κ3) is 5.93. The summed E-state index contributed by atoms with van der Waals surface area (Å²) in [4.78, 5) is 15.2. The summed E-state index contributed by atoms with van der Waals surface area (Å²) in [5.41, 5.74) is 0.0441. The summed E-state index contributed by atoms with van der Waals surface area (Å²) in [7, 11) is 0. The third-order valence-electron chi connectivity index (χ3n) is 5.52. The van der Waals surface area contributed by atoms with E-state index >= 15 is 0 Å². The van der Waals surface area contributed by atoms with Crippen LogP contribution in [0.4, 0.5) is 5.69 Å². The van der Waals surface area contributed by atoms with Gasteiger partial charge in [-0.2, -0.15) is 0 Å². The van der Waals surface area contributed by atoms with Crippen molar-refractivity contribution < 1.29 is 19.0 Å². The number of rotatable bonds is 11. The second-order valence-electron chi connectivity index (χ2n) is 7.86. The standard InChI is InChI=1S/C22H34N2O4/c1-3-14-28-22(2,18-5-6-18)21(25)23-19-7-9-20(10-8-19)27-15-4-11-24-12-16-26-17-13-24/h7-10,18H,3-6,11-17H2,1-2H3,(H,23,25)/t22-/m1/s1. The van der Waals surface area contributed by atoms with Crippen LogP contribution in [-0.2, 0) is 14.3 Å². The first-order chi connectivity index (χ1) is 13.6. The Hall–Kier alpha value is -1.63. The van der Waals surface area contributed by atoms with Crippen molar-refractivity contribution in [2.45, 2.75) is 45.1 Å². The average Bonchev–Trinajstić information content (AvgIpc) is 3.57. The van der Waals surface area contributed by atoms with Crippen molar-refractivity contribution in [1.82, 2.24) is 4.90 Å². The first-order valence-electron chi connectivity index (χ1n) is 10.6. The molecule has 0 bridgehead atoms. The molecule has 1 aliphatic heterocycles. The lowest BCUT2D eigenvalue weighted by Gasteiger charge is -2.28. The Morgan fingerprint density at radius 1 is 1.21 bits per heavy atom. The van der Waals surface area contributed by atoms with Gasteiger partial charge in [0.05, 0.1) is 19.8 Å². The Labute approximate surface area is 168 Å². The lowest BCUT2D eigenvalue weighted by atomic mass is 9.98. The van der Waals surface area contributed by atoms with Gasteiger partial charge in [-0.3, -0.25) is 9.69 Å². The zero-order valence-corrected chi connectivity index (χ0v) is 17.2. The molecular weight excluding hydrogens is 356 g/mol. The molecule has 1 N–H and O–H groups in total. The highest BCUT2D eigenvalue weighted by Crippen LogP contribution is 2.42. The number of nitrogens with zero attached hydrogens (tertiary/aromatic N) is 1. The number of nitrogens with one attached hydrogen (secondary N) is 1. The topological polar surface area (TPSA) is 60.0 Å². The molecule has 0 spiro atoms. The predicted molar refractivity (Wildman–Crippen MR) is 110 cm³/mol. The predicted octanol–water partition coefficient (Wildman–Crippen LogP) is 3.32. The number of hydrogen-bond acceptors (Lipinski definition) is 5. The van der Waals surface area contributed by atoms with Gasteiger partial charge in [-0.15, -0.1) is 0 Å². The van der Waals surface area contributed by atoms with Gasteiger partial charge < -0.3 is 19.5 Å². The van der Waals surface area contributed by atoms with Crippen LogP contribution in [-0.4, -0.2) is 62.5 Å². The molecule has 1 heterocycles. The SMILES string of the molecule is CCCO[C@@](C)(C(=O)Nc1ccc(OCCCN2CCOCC2)cc1)C1CC1. The monoisotopic (exact) mass is 390 g/mol. The lowest BCUT2D eigenvalue weighted by molar-refractivity contribution is -0.142. The molecule has 1 aromatic carbocycles. The maximum atomic E-state index is 12.8. The second kappa shape index (κ2) is 10.2. The van der Waals surface area contributed by atoms with Crippen LogP contribution >= 0.6 is 0 Å². The zero-order chi connectivity index (χ0) is 19.8. The Bertz CT molecular complexity index is 611. The minimum absolute atomic E-state index is 0.0531. The molecular formula is C22H34N2O4. The summed E-state index contributed by atoms with van der Waals surface area (Å²) in [5, 5.41) is 3.01. The van der Waals surface area contributed by atoms with E-state index < -0.39 is 5.60 Å². The molecule has 6 heteroatoms. The van der Waals surface area contributed by atoms with Crippen molar-refractivity contribution in [3.05, 3.63) is 24.3 Å². The molecule has 0 unspecified atom stereocenters. The largest absolute Gasteiger partial charge is 0.494 e. The van der Waals surface area contributed by atoms with Crippen LogP contribution in [0.1, 0.15) is 39.5 Å². The highest BCUT2D eigenvalue weighted by atomic mass is 16.5. The summed E-state index contributed by atoms with van der Waals surface area (Å²) in [5.74, 6) is 1.10. The van der Waals surface area contributed by atoms with Gasteiger partial charge in [-0.1, -0.05) is 6.92 Å². The van der Waals surface area contributed by atoms with E-state index in [4.69, 9.17) is 14.2 Å². The summed E-state index contributed by atoms with van der Waals surface area (Å²) < 4.78 is 17.1. The van der Waals surface area contributed by atoms with Crippen LogP contribution in [0, 0.1) is 5.92 Å². The fraction of sp³-hybridized carbons (Fsp3) is 0.682. The van der Waals surface area contributed by atoms with E-state index in [-0.39, 0.29) is 5.91 Å². The highest BCUT2D eigenvalue weighted by Gasteiger charge is 2.48. The molecule has 1 saturated carbocycles. The molecule has 2 fully saturated rings. The number of anilines is 1. The van der Waals surface area contributed by atoms with Crippen LogP contribution in [0.3, 0.4) is 0 Å². The van der Waals surface area contributed by atoms with Crippen molar-refractivity contribution in [3.63, 3.8) is 0 Å². The molecule has 156 valence electrons. The van der Waals surface area contributed by atoms with E-state index in [1.165, 1.54) is 0 Å². The minimum atomic E-state index is -0.731.